The SMILES string of the molecule is COc1cc(C(O)COCc2ccccc2)c(O)c2c(OC)cccc12. The fourth-order valence-electron chi connectivity index (χ4n) is 2.96. The second kappa shape index (κ2) is 8.08. The number of hydrogen-bond acceptors (Lipinski definition) is 5. The standard InChI is InChI=1S/C21H22O5/c1-24-18-10-6-9-15-19(25-2)11-16(21(23)20(15)18)17(22)13-26-12-14-7-4-3-5-8-14/h3-11,17,22-23H,12-13H2,1-2H3. The Balaban J connectivity index is 1.87. The van der Waals surface area contributed by atoms with Crippen LogP contribution in [0.3, 0.4) is 0 Å². The number of aromatic hydroxyl groups is 1. The molecule has 0 saturated carbocycles. The number of aliphatic hydroxyl groups excluding tert-OH is 1. The van der Waals surface area contributed by atoms with E-state index in [-0.39, 0.29) is 12.4 Å². The highest BCUT2D eigenvalue weighted by atomic mass is 16.5. The van der Waals surface area contributed by atoms with Gasteiger partial charge in [-0.2, -0.15) is 0 Å². The van der Waals surface area contributed by atoms with Crippen molar-refractivity contribution in [2.75, 3.05) is 20.8 Å². The zero-order valence-corrected chi connectivity index (χ0v) is 14.8. The van der Waals surface area contributed by atoms with Gasteiger partial charge in [-0.3, -0.25) is 0 Å². The van der Waals surface area contributed by atoms with E-state index >= 15 is 0 Å². The summed E-state index contributed by atoms with van der Waals surface area (Å²) in [4.78, 5) is 0. The number of methoxy groups -OCH3 is 2. The predicted octanol–water partition coefficient (Wildman–Crippen LogP) is 3.81. The second-order valence-corrected chi connectivity index (χ2v) is 5.92. The molecule has 3 aromatic rings. The predicted molar refractivity (Wildman–Crippen MR) is 99.8 cm³/mol. The summed E-state index contributed by atoms with van der Waals surface area (Å²) in [6.07, 6.45) is -0.998. The van der Waals surface area contributed by atoms with Crippen LogP contribution in [0.25, 0.3) is 10.8 Å². The van der Waals surface area contributed by atoms with E-state index in [2.05, 4.69) is 0 Å². The van der Waals surface area contributed by atoms with Crippen LogP contribution in [0.4, 0.5) is 0 Å². The Morgan fingerprint density at radius 2 is 1.65 bits per heavy atom. The van der Waals surface area contributed by atoms with Gasteiger partial charge < -0.3 is 24.4 Å². The molecule has 1 atom stereocenters. The Bertz CT molecular complexity index is 876. The monoisotopic (exact) mass is 354 g/mol. The summed E-state index contributed by atoms with van der Waals surface area (Å²) in [5, 5.41) is 22.5. The summed E-state index contributed by atoms with van der Waals surface area (Å²) in [7, 11) is 3.08. The van der Waals surface area contributed by atoms with Crippen LogP contribution in [0, 0.1) is 0 Å². The molecular weight excluding hydrogens is 332 g/mol. The third-order valence-corrected chi connectivity index (χ3v) is 4.27. The van der Waals surface area contributed by atoms with Crippen molar-refractivity contribution in [2.45, 2.75) is 12.7 Å². The van der Waals surface area contributed by atoms with Crippen LogP contribution >= 0.6 is 0 Å². The van der Waals surface area contributed by atoms with Crippen molar-refractivity contribution in [1.82, 2.24) is 0 Å². The molecule has 0 spiro atoms. The topological polar surface area (TPSA) is 68.2 Å². The van der Waals surface area contributed by atoms with Crippen molar-refractivity contribution < 1.29 is 24.4 Å². The largest absolute Gasteiger partial charge is 0.507 e. The zero-order chi connectivity index (χ0) is 18.5. The van der Waals surface area contributed by atoms with Gasteiger partial charge in [-0.15, -0.1) is 0 Å². The maximum Gasteiger partial charge on any atom is 0.133 e. The fourth-order valence-corrected chi connectivity index (χ4v) is 2.96. The molecule has 3 rings (SSSR count). The van der Waals surface area contributed by atoms with Crippen LogP contribution in [0.1, 0.15) is 17.2 Å². The van der Waals surface area contributed by atoms with Crippen LogP contribution in [0.15, 0.2) is 54.6 Å². The Morgan fingerprint density at radius 1 is 0.923 bits per heavy atom. The van der Waals surface area contributed by atoms with Crippen LogP contribution in [0.2, 0.25) is 0 Å². The van der Waals surface area contributed by atoms with Crippen molar-refractivity contribution in [3.8, 4) is 17.2 Å². The Morgan fingerprint density at radius 3 is 2.35 bits per heavy atom. The van der Waals surface area contributed by atoms with E-state index in [1.807, 2.05) is 42.5 Å². The summed E-state index contributed by atoms with van der Waals surface area (Å²) in [6.45, 7) is 0.430. The molecule has 26 heavy (non-hydrogen) atoms. The van der Waals surface area contributed by atoms with E-state index in [9.17, 15) is 10.2 Å². The van der Waals surface area contributed by atoms with Gasteiger partial charge >= 0.3 is 0 Å². The minimum absolute atomic E-state index is 0.0333. The minimum Gasteiger partial charge on any atom is -0.507 e. The molecule has 5 heteroatoms. The maximum atomic E-state index is 10.7. The number of rotatable bonds is 7. The van der Waals surface area contributed by atoms with Gasteiger partial charge in [0.2, 0.25) is 0 Å². The van der Waals surface area contributed by atoms with Crippen molar-refractivity contribution in [1.29, 1.82) is 0 Å². The third-order valence-electron chi connectivity index (χ3n) is 4.27. The number of fused-ring (bicyclic) bond motifs is 1. The van der Waals surface area contributed by atoms with Crippen molar-refractivity contribution in [3.05, 3.63) is 65.7 Å². The first-order valence-corrected chi connectivity index (χ1v) is 8.32. The average Bonchev–Trinajstić information content (AvgIpc) is 2.68. The summed E-state index contributed by atoms with van der Waals surface area (Å²) in [6, 6.07) is 16.7. The average molecular weight is 354 g/mol. The molecule has 0 aliphatic heterocycles. The highest BCUT2D eigenvalue weighted by Gasteiger charge is 2.20. The highest BCUT2D eigenvalue weighted by molar-refractivity contribution is 5.98. The first-order chi connectivity index (χ1) is 12.7. The lowest BCUT2D eigenvalue weighted by atomic mass is 10.00. The van der Waals surface area contributed by atoms with Crippen molar-refractivity contribution in [2.24, 2.45) is 0 Å². The van der Waals surface area contributed by atoms with E-state index in [0.717, 1.165) is 5.56 Å². The number of ether oxygens (including phenoxy) is 3. The van der Waals surface area contributed by atoms with Gasteiger partial charge in [-0.25, -0.2) is 0 Å². The van der Waals surface area contributed by atoms with Gasteiger partial charge in [0.25, 0.3) is 0 Å². The van der Waals surface area contributed by atoms with E-state index in [4.69, 9.17) is 14.2 Å². The van der Waals surface area contributed by atoms with Crippen LogP contribution in [-0.4, -0.2) is 31.0 Å². The molecule has 0 amide bonds. The molecular formula is C21H22O5. The first-order valence-electron chi connectivity index (χ1n) is 8.32. The lowest BCUT2D eigenvalue weighted by Crippen LogP contribution is -2.08. The van der Waals surface area contributed by atoms with Gasteiger partial charge in [0.05, 0.1) is 32.8 Å². The number of phenolic OH excluding ortho intramolecular Hbond substituents is 1. The summed E-state index contributed by atoms with van der Waals surface area (Å²) >= 11 is 0. The molecule has 0 aliphatic rings. The zero-order valence-electron chi connectivity index (χ0n) is 14.8. The molecule has 0 aromatic heterocycles. The van der Waals surface area contributed by atoms with E-state index in [1.54, 1.807) is 19.2 Å². The smallest absolute Gasteiger partial charge is 0.133 e. The number of phenols is 1. The van der Waals surface area contributed by atoms with Gasteiger partial charge in [0.15, 0.2) is 0 Å². The summed E-state index contributed by atoms with van der Waals surface area (Å²) < 4.78 is 16.4. The molecule has 2 N–H and O–H groups in total. The maximum absolute atomic E-state index is 10.7. The molecule has 3 aromatic carbocycles. The fraction of sp³-hybridized carbons (Fsp3) is 0.238. The molecule has 0 heterocycles. The highest BCUT2D eigenvalue weighted by Crippen LogP contribution is 2.43. The Labute approximate surface area is 152 Å². The van der Waals surface area contributed by atoms with Crippen LogP contribution in [0.5, 0.6) is 17.2 Å². The third kappa shape index (κ3) is 3.59. The molecule has 5 nitrogen and oxygen atoms in total. The van der Waals surface area contributed by atoms with Gasteiger partial charge in [-0.05, 0) is 17.7 Å². The molecule has 0 radical (unpaired) electrons. The molecule has 0 saturated heterocycles. The first kappa shape index (κ1) is 18.0. The van der Waals surface area contributed by atoms with Gasteiger partial charge in [-0.1, -0.05) is 42.5 Å². The number of hydrogen-bond donors (Lipinski definition) is 2. The lowest BCUT2D eigenvalue weighted by molar-refractivity contribution is 0.0266. The Hall–Kier alpha value is -2.76. The molecule has 1 unspecified atom stereocenters. The molecule has 0 fully saturated rings. The normalized spacial score (nSPS) is 12.1. The summed E-state index contributed by atoms with van der Waals surface area (Å²) in [5.41, 5.74) is 1.36. The Kier molecular flexibility index (Phi) is 5.61. The quantitative estimate of drug-likeness (QED) is 0.675. The van der Waals surface area contributed by atoms with E-state index < -0.39 is 6.10 Å². The van der Waals surface area contributed by atoms with Gasteiger partial charge in [0.1, 0.15) is 23.4 Å². The van der Waals surface area contributed by atoms with E-state index in [0.29, 0.717) is 34.4 Å². The molecule has 136 valence electrons. The molecule has 0 aliphatic carbocycles. The summed E-state index contributed by atoms with van der Waals surface area (Å²) in [5.74, 6) is 1.03. The number of benzene rings is 3. The molecule has 0 bridgehead atoms. The van der Waals surface area contributed by atoms with Crippen LogP contribution in [-0.2, 0) is 11.3 Å². The second-order valence-electron chi connectivity index (χ2n) is 5.92. The van der Waals surface area contributed by atoms with Crippen molar-refractivity contribution >= 4 is 10.8 Å². The van der Waals surface area contributed by atoms with Crippen molar-refractivity contribution in [3.63, 3.8) is 0 Å². The van der Waals surface area contributed by atoms with Crippen LogP contribution < -0.4 is 9.47 Å². The number of aliphatic hydroxyl groups is 1. The van der Waals surface area contributed by atoms with E-state index in [1.165, 1.54) is 7.11 Å². The lowest BCUT2D eigenvalue weighted by Gasteiger charge is -2.18. The minimum atomic E-state index is -0.998. The van der Waals surface area contributed by atoms with Gasteiger partial charge in [0, 0.05) is 10.9 Å².